The highest BCUT2D eigenvalue weighted by atomic mass is 16.6. The molecule has 1 aliphatic heterocycles. The first-order valence-corrected chi connectivity index (χ1v) is 14.2. The van der Waals surface area contributed by atoms with Crippen LogP contribution in [-0.2, 0) is 22.5 Å². The fourth-order valence-electron chi connectivity index (χ4n) is 5.13. The minimum absolute atomic E-state index is 0.167. The number of aliphatic hydroxyl groups is 3. The van der Waals surface area contributed by atoms with Crippen LogP contribution in [0.15, 0.2) is 72.8 Å². The molecule has 1 aromatic heterocycles. The molecule has 1 aliphatic rings. The number of primary amides is 1. The molecule has 1 amide bonds. The van der Waals surface area contributed by atoms with Crippen molar-refractivity contribution in [3.05, 3.63) is 83.9 Å². The molecule has 43 heavy (non-hydrogen) atoms. The summed E-state index contributed by atoms with van der Waals surface area (Å²) in [5.41, 5.74) is 8.79. The van der Waals surface area contributed by atoms with Gasteiger partial charge in [0.05, 0.1) is 30.3 Å². The van der Waals surface area contributed by atoms with Gasteiger partial charge in [-0.2, -0.15) is 0 Å². The molecule has 0 aliphatic carbocycles. The van der Waals surface area contributed by atoms with Crippen molar-refractivity contribution >= 4 is 22.9 Å². The van der Waals surface area contributed by atoms with Gasteiger partial charge in [0.15, 0.2) is 6.23 Å². The highest BCUT2D eigenvalue weighted by Crippen LogP contribution is 2.35. The van der Waals surface area contributed by atoms with E-state index in [1.807, 2.05) is 48.5 Å². The Morgan fingerprint density at radius 3 is 2.58 bits per heavy atom. The van der Waals surface area contributed by atoms with E-state index >= 15 is 0 Å². The lowest BCUT2D eigenvalue weighted by molar-refractivity contribution is -0.120. The fraction of sp³-hybridized carbons (Fsp3) is 0.355. The predicted octanol–water partition coefficient (Wildman–Crippen LogP) is 1.42. The van der Waals surface area contributed by atoms with Gasteiger partial charge in [-0.1, -0.05) is 36.4 Å². The summed E-state index contributed by atoms with van der Waals surface area (Å²) in [6.45, 7) is 0.937. The van der Waals surface area contributed by atoms with Crippen LogP contribution in [-0.4, -0.2) is 80.0 Å². The van der Waals surface area contributed by atoms with Gasteiger partial charge in [-0.15, -0.1) is 0 Å². The molecule has 2 heterocycles. The normalized spacial score (nSPS) is 20.7. The number of aromatic nitrogens is 2. The maximum atomic E-state index is 11.9. The number of aliphatic hydroxyl groups excluding tert-OH is 3. The minimum Gasteiger partial charge on any atom is -0.508 e. The lowest BCUT2D eigenvalue weighted by atomic mass is 10.1. The largest absolute Gasteiger partial charge is 0.508 e. The number of hydrogen-bond acceptors (Lipinski definition) is 10. The van der Waals surface area contributed by atoms with E-state index in [1.54, 1.807) is 28.8 Å². The molecule has 12 heteroatoms. The number of nitrogens with zero attached hydrogens (tertiary/aromatic N) is 2. The Balaban J connectivity index is 1.16. The highest BCUT2D eigenvalue weighted by Gasteiger charge is 2.44. The first-order chi connectivity index (χ1) is 20.8. The molecule has 0 bridgehead atoms. The van der Waals surface area contributed by atoms with E-state index in [2.05, 4.69) is 15.6 Å². The van der Waals surface area contributed by atoms with Crippen LogP contribution in [0.25, 0.3) is 11.0 Å². The molecule has 0 spiro atoms. The monoisotopic (exact) mass is 591 g/mol. The standard InChI is InChI=1S/C31H37N5O7/c32-29(41)24(16-19-9-11-21(38)12-10-19)33-13-4-14-42-22-6-3-5-20(15-22)17-34-31-35-23-7-1-2-8-25(23)36(31)30-28(40)27(39)26(18-37)43-30/h1-3,5-12,15,24,26-28,30,33,37-40H,4,13-14,16-18H2,(H2,32,41)(H,34,35)/t24-,26+,27+,28+,30+/m0/s1. The Kier molecular flexibility index (Phi) is 9.75. The summed E-state index contributed by atoms with van der Waals surface area (Å²) in [7, 11) is 0. The highest BCUT2D eigenvalue weighted by molar-refractivity contribution is 5.80. The van der Waals surface area contributed by atoms with Crippen LogP contribution in [0, 0.1) is 0 Å². The summed E-state index contributed by atoms with van der Waals surface area (Å²) in [4.78, 5) is 16.6. The number of amides is 1. The van der Waals surface area contributed by atoms with E-state index in [9.17, 15) is 25.2 Å². The summed E-state index contributed by atoms with van der Waals surface area (Å²) in [6, 6.07) is 21.2. The van der Waals surface area contributed by atoms with Gasteiger partial charge in [-0.05, 0) is 66.9 Å². The van der Waals surface area contributed by atoms with E-state index in [1.165, 1.54) is 0 Å². The first-order valence-electron chi connectivity index (χ1n) is 14.2. The van der Waals surface area contributed by atoms with Crippen LogP contribution < -0.4 is 21.1 Å². The van der Waals surface area contributed by atoms with Crippen LogP contribution in [0.5, 0.6) is 11.5 Å². The average Bonchev–Trinajstić information content (AvgIpc) is 3.52. The zero-order valence-corrected chi connectivity index (χ0v) is 23.5. The fourth-order valence-corrected chi connectivity index (χ4v) is 5.13. The molecule has 3 aromatic carbocycles. The Morgan fingerprint density at radius 2 is 1.84 bits per heavy atom. The second-order valence-corrected chi connectivity index (χ2v) is 10.5. The van der Waals surface area contributed by atoms with Crippen molar-refractivity contribution in [3.63, 3.8) is 0 Å². The average molecular weight is 592 g/mol. The Labute approximate surface area is 248 Å². The lowest BCUT2D eigenvalue weighted by Crippen LogP contribution is -2.43. The number of ether oxygens (including phenoxy) is 2. The zero-order chi connectivity index (χ0) is 30.3. The molecule has 5 rings (SSSR count). The number of phenolic OH excluding ortho intramolecular Hbond substituents is 1. The third-order valence-electron chi connectivity index (χ3n) is 7.42. The van der Waals surface area contributed by atoms with Crippen LogP contribution in [0.3, 0.4) is 0 Å². The van der Waals surface area contributed by atoms with Gasteiger partial charge in [0.1, 0.15) is 29.8 Å². The lowest BCUT2D eigenvalue weighted by Gasteiger charge is -2.20. The number of aromatic hydroxyl groups is 1. The summed E-state index contributed by atoms with van der Waals surface area (Å²) < 4.78 is 13.4. The zero-order valence-electron chi connectivity index (χ0n) is 23.5. The molecule has 12 nitrogen and oxygen atoms in total. The molecule has 0 unspecified atom stereocenters. The first kappa shape index (κ1) is 30.3. The van der Waals surface area contributed by atoms with Crippen molar-refractivity contribution < 1.29 is 34.7 Å². The van der Waals surface area contributed by atoms with Crippen molar-refractivity contribution in [2.24, 2.45) is 5.73 Å². The van der Waals surface area contributed by atoms with E-state index in [0.29, 0.717) is 55.3 Å². The van der Waals surface area contributed by atoms with Gasteiger partial charge < -0.3 is 46.3 Å². The number of anilines is 1. The number of nitrogens with one attached hydrogen (secondary N) is 2. The summed E-state index contributed by atoms with van der Waals surface area (Å²) in [6.07, 6.45) is -3.23. The number of para-hydroxylation sites is 2. The minimum atomic E-state index is -1.24. The van der Waals surface area contributed by atoms with Crippen LogP contribution >= 0.6 is 0 Å². The van der Waals surface area contributed by atoms with Crippen LogP contribution in [0.4, 0.5) is 5.95 Å². The van der Waals surface area contributed by atoms with Gasteiger partial charge in [-0.3, -0.25) is 9.36 Å². The van der Waals surface area contributed by atoms with Crippen molar-refractivity contribution in [1.29, 1.82) is 0 Å². The number of carbonyl (C=O) groups is 1. The molecule has 4 aromatic rings. The molecule has 5 atom stereocenters. The number of hydrogen-bond donors (Lipinski definition) is 7. The van der Waals surface area contributed by atoms with Gasteiger partial charge in [0.2, 0.25) is 11.9 Å². The van der Waals surface area contributed by atoms with Crippen molar-refractivity contribution in [3.8, 4) is 11.5 Å². The molecule has 0 saturated carbocycles. The number of fused-ring (bicyclic) bond motifs is 1. The predicted molar refractivity (Wildman–Crippen MR) is 159 cm³/mol. The second-order valence-electron chi connectivity index (χ2n) is 10.5. The Hall–Kier alpha value is -4.20. The Morgan fingerprint density at radius 1 is 1.05 bits per heavy atom. The molecule has 0 radical (unpaired) electrons. The molecule has 8 N–H and O–H groups in total. The molecule has 1 saturated heterocycles. The summed E-state index contributed by atoms with van der Waals surface area (Å²) >= 11 is 0. The number of phenols is 1. The number of carbonyl (C=O) groups excluding carboxylic acids is 1. The maximum absolute atomic E-state index is 11.9. The van der Waals surface area contributed by atoms with Gasteiger partial charge in [-0.25, -0.2) is 4.98 Å². The molecular weight excluding hydrogens is 554 g/mol. The van der Waals surface area contributed by atoms with Crippen LogP contribution in [0.1, 0.15) is 23.8 Å². The van der Waals surface area contributed by atoms with E-state index in [0.717, 1.165) is 11.1 Å². The van der Waals surface area contributed by atoms with Crippen molar-refractivity contribution in [2.75, 3.05) is 25.1 Å². The summed E-state index contributed by atoms with van der Waals surface area (Å²) in [5.74, 6) is 0.859. The van der Waals surface area contributed by atoms with Gasteiger partial charge in [0, 0.05) is 6.54 Å². The number of benzene rings is 3. The molecule has 228 valence electrons. The topological polar surface area (TPSA) is 184 Å². The van der Waals surface area contributed by atoms with Crippen molar-refractivity contribution in [1.82, 2.24) is 14.9 Å². The van der Waals surface area contributed by atoms with E-state index < -0.39 is 43.1 Å². The van der Waals surface area contributed by atoms with Gasteiger partial charge >= 0.3 is 0 Å². The third-order valence-corrected chi connectivity index (χ3v) is 7.42. The molecular formula is C31H37N5O7. The number of rotatable bonds is 14. The van der Waals surface area contributed by atoms with E-state index in [4.69, 9.17) is 15.2 Å². The second kappa shape index (κ2) is 13.8. The smallest absolute Gasteiger partial charge is 0.234 e. The maximum Gasteiger partial charge on any atom is 0.234 e. The third kappa shape index (κ3) is 7.24. The van der Waals surface area contributed by atoms with Gasteiger partial charge in [0.25, 0.3) is 0 Å². The molecule has 1 fully saturated rings. The number of nitrogens with two attached hydrogens (primary N) is 1. The quantitative estimate of drug-likeness (QED) is 0.106. The Bertz CT molecular complexity index is 1510. The van der Waals surface area contributed by atoms with E-state index in [-0.39, 0.29) is 5.75 Å². The number of imidazole rings is 1. The SMILES string of the molecule is NC(=O)[C@H](Cc1ccc(O)cc1)NCCCOc1cccc(CNc2nc3ccccc3n2[C@@H]2O[C@H](CO)[C@@H](O)[C@H]2O)c1. The summed E-state index contributed by atoms with van der Waals surface area (Å²) in [5, 5.41) is 46.5. The van der Waals surface area contributed by atoms with Crippen LogP contribution in [0.2, 0.25) is 0 Å². The van der Waals surface area contributed by atoms with Crippen molar-refractivity contribution in [2.45, 2.75) is 50.0 Å².